The Morgan fingerprint density at radius 2 is 1.93 bits per heavy atom. The number of pyridine rings is 1. The number of nitrogens with zero attached hydrogens (tertiary/aromatic N) is 2. The molecule has 0 saturated heterocycles. The Morgan fingerprint density at radius 3 is 2.72 bits per heavy atom. The summed E-state index contributed by atoms with van der Waals surface area (Å²) in [5.74, 6) is 1.44. The van der Waals surface area contributed by atoms with Gasteiger partial charge in [-0.05, 0) is 49.1 Å². The number of hydrogen-bond acceptors (Lipinski definition) is 4. The van der Waals surface area contributed by atoms with Gasteiger partial charge in [0.1, 0.15) is 5.69 Å². The lowest BCUT2D eigenvalue weighted by molar-refractivity contribution is 0.162. The fraction of sp³-hybridized carbons (Fsp3) is 0.455. The highest BCUT2D eigenvalue weighted by atomic mass is 16.7. The van der Waals surface area contributed by atoms with E-state index in [9.17, 15) is 9.59 Å². The quantitative estimate of drug-likeness (QED) is 0.852. The average molecular weight is 397 g/mol. The minimum atomic E-state index is -0.235. The monoisotopic (exact) mass is 397 g/mol. The Bertz CT molecular complexity index is 963. The predicted molar refractivity (Wildman–Crippen MR) is 110 cm³/mol. The number of aromatic nitrogens is 1. The van der Waals surface area contributed by atoms with Gasteiger partial charge in [-0.2, -0.15) is 0 Å². The zero-order valence-electron chi connectivity index (χ0n) is 16.9. The minimum absolute atomic E-state index is 0.155. The van der Waals surface area contributed by atoms with Crippen LogP contribution in [0.1, 0.15) is 43.2 Å². The second-order valence-corrected chi connectivity index (χ2v) is 7.83. The van der Waals surface area contributed by atoms with Crippen LogP contribution < -0.4 is 20.3 Å². The van der Waals surface area contributed by atoms with Gasteiger partial charge < -0.3 is 24.3 Å². The third-order valence-corrected chi connectivity index (χ3v) is 5.77. The lowest BCUT2D eigenvalue weighted by atomic mass is 9.94. The Labute approximate surface area is 170 Å². The first-order valence-electron chi connectivity index (χ1n) is 10.2. The van der Waals surface area contributed by atoms with Crippen LogP contribution in [0.25, 0.3) is 0 Å². The highest BCUT2D eigenvalue weighted by molar-refractivity contribution is 5.90. The van der Waals surface area contributed by atoms with Crippen molar-refractivity contribution < 1.29 is 14.3 Å². The summed E-state index contributed by atoms with van der Waals surface area (Å²) in [6, 6.07) is 7.52. The Morgan fingerprint density at radius 1 is 1.17 bits per heavy atom. The minimum Gasteiger partial charge on any atom is -0.454 e. The molecule has 29 heavy (non-hydrogen) atoms. The first-order chi connectivity index (χ1) is 14.0. The summed E-state index contributed by atoms with van der Waals surface area (Å²) in [4.78, 5) is 27.6. The topological polar surface area (TPSA) is 72.8 Å². The SMILES string of the molecule is Cc1ccn(C)c(=O)c1NC(=O)N(Cc1ccc2c(c1)OCO2)C1CCCCC1. The molecule has 1 aliphatic carbocycles. The summed E-state index contributed by atoms with van der Waals surface area (Å²) < 4.78 is 12.3. The molecule has 1 saturated carbocycles. The van der Waals surface area contributed by atoms with Gasteiger partial charge in [0.15, 0.2) is 11.5 Å². The van der Waals surface area contributed by atoms with Crippen molar-refractivity contribution in [2.75, 3.05) is 12.1 Å². The largest absolute Gasteiger partial charge is 0.454 e. The number of aryl methyl sites for hydroxylation is 2. The van der Waals surface area contributed by atoms with E-state index in [1.807, 2.05) is 36.1 Å². The number of benzene rings is 1. The van der Waals surface area contributed by atoms with Crippen LogP contribution >= 0.6 is 0 Å². The van der Waals surface area contributed by atoms with Crippen LogP contribution in [0.2, 0.25) is 0 Å². The van der Waals surface area contributed by atoms with Gasteiger partial charge in [0, 0.05) is 25.8 Å². The molecule has 1 N–H and O–H groups in total. The van der Waals surface area contributed by atoms with Crippen molar-refractivity contribution in [2.24, 2.45) is 7.05 Å². The van der Waals surface area contributed by atoms with Crippen molar-refractivity contribution in [3.05, 3.63) is 51.9 Å². The van der Waals surface area contributed by atoms with Gasteiger partial charge in [-0.15, -0.1) is 0 Å². The lowest BCUT2D eigenvalue weighted by Gasteiger charge is -2.34. The smallest absolute Gasteiger partial charge is 0.322 e. The number of ether oxygens (including phenoxy) is 2. The number of rotatable bonds is 4. The maximum atomic E-state index is 13.3. The third kappa shape index (κ3) is 4.09. The highest BCUT2D eigenvalue weighted by Crippen LogP contribution is 2.33. The summed E-state index contributed by atoms with van der Waals surface area (Å²) in [6.45, 7) is 2.52. The van der Waals surface area contributed by atoms with Crippen LogP contribution in [0.5, 0.6) is 11.5 Å². The Balaban J connectivity index is 1.59. The van der Waals surface area contributed by atoms with Gasteiger partial charge in [0.25, 0.3) is 5.56 Å². The van der Waals surface area contributed by atoms with Crippen LogP contribution in [-0.2, 0) is 13.6 Å². The van der Waals surface area contributed by atoms with Gasteiger partial charge in [-0.3, -0.25) is 4.79 Å². The first-order valence-corrected chi connectivity index (χ1v) is 10.2. The van der Waals surface area contributed by atoms with Crippen molar-refractivity contribution >= 4 is 11.7 Å². The molecular weight excluding hydrogens is 370 g/mol. The van der Waals surface area contributed by atoms with Crippen LogP contribution in [0.15, 0.2) is 35.3 Å². The Kier molecular flexibility index (Phi) is 5.47. The van der Waals surface area contributed by atoms with Crippen LogP contribution in [0, 0.1) is 6.92 Å². The number of urea groups is 1. The number of fused-ring (bicyclic) bond motifs is 1. The highest BCUT2D eigenvalue weighted by Gasteiger charge is 2.27. The van der Waals surface area contributed by atoms with E-state index in [2.05, 4.69) is 5.32 Å². The van der Waals surface area contributed by atoms with E-state index in [0.717, 1.165) is 42.6 Å². The van der Waals surface area contributed by atoms with Gasteiger partial charge in [0.2, 0.25) is 6.79 Å². The summed E-state index contributed by atoms with van der Waals surface area (Å²) in [5, 5.41) is 2.89. The van der Waals surface area contributed by atoms with Gasteiger partial charge in [-0.25, -0.2) is 4.79 Å². The molecule has 0 bridgehead atoms. The van der Waals surface area contributed by atoms with E-state index in [4.69, 9.17) is 9.47 Å². The van der Waals surface area contributed by atoms with Crippen molar-refractivity contribution in [3.63, 3.8) is 0 Å². The normalized spacial score (nSPS) is 15.9. The zero-order chi connectivity index (χ0) is 20.4. The molecule has 0 atom stereocenters. The van der Waals surface area contributed by atoms with Crippen molar-refractivity contribution in [1.29, 1.82) is 0 Å². The van der Waals surface area contributed by atoms with Crippen molar-refractivity contribution in [2.45, 2.75) is 51.6 Å². The van der Waals surface area contributed by atoms with E-state index in [-0.39, 0.29) is 24.4 Å². The van der Waals surface area contributed by atoms with Crippen LogP contribution in [0.4, 0.5) is 10.5 Å². The summed E-state index contributed by atoms with van der Waals surface area (Å²) in [7, 11) is 1.68. The van der Waals surface area contributed by atoms with Crippen LogP contribution in [-0.4, -0.2) is 28.3 Å². The standard InChI is InChI=1S/C22H27N3O4/c1-15-10-11-24(2)21(26)20(15)23-22(27)25(17-6-4-3-5-7-17)13-16-8-9-18-19(12-16)29-14-28-18/h8-12,17H,3-7,13-14H2,1-2H3,(H,23,27). The molecule has 2 heterocycles. The summed E-state index contributed by atoms with van der Waals surface area (Å²) in [5.41, 5.74) is 1.87. The maximum Gasteiger partial charge on any atom is 0.322 e. The first kappa shape index (κ1) is 19.4. The molecule has 1 aromatic heterocycles. The maximum absolute atomic E-state index is 13.3. The molecule has 1 aromatic carbocycles. The molecule has 2 aromatic rings. The number of carbonyl (C=O) groups is 1. The second-order valence-electron chi connectivity index (χ2n) is 7.83. The van der Waals surface area contributed by atoms with Crippen molar-refractivity contribution in [3.8, 4) is 11.5 Å². The van der Waals surface area contributed by atoms with E-state index < -0.39 is 0 Å². The Hall–Kier alpha value is -2.96. The average Bonchev–Trinajstić information content (AvgIpc) is 3.20. The second kappa shape index (κ2) is 8.19. The summed E-state index contributed by atoms with van der Waals surface area (Å²) >= 11 is 0. The molecule has 2 amide bonds. The number of nitrogens with one attached hydrogen (secondary N) is 1. The fourth-order valence-electron chi connectivity index (χ4n) is 4.05. The molecule has 1 aliphatic heterocycles. The molecular formula is C22H27N3O4. The van der Waals surface area contributed by atoms with E-state index in [1.54, 1.807) is 13.2 Å². The summed E-state index contributed by atoms with van der Waals surface area (Å²) in [6.07, 6.45) is 7.09. The zero-order valence-corrected chi connectivity index (χ0v) is 16.9. The van der Waals surface area contributed by atoms with Gasteiger partial charge in [-0.1, -0.05) is 25.3 Å². The van der Waals surface area contributed by atoms with E-state index in [0.29, 0.717) is 18.0 Å². The van der Waals surface area contributed by atoms with E-state index in [1.165, 1.54) is 11.0 Å². The molecule has 0 unspecified atom stereocenters. The van der Waals surface area contributed by atoms with Crippen molar-refractivity contribution in [1.82, 2.24) is 9.47 Å². The molecule has 2 aliphatic rings. The molecule has 7 nitrogen and oxygen atoms in total. The van der Waals surface area contributed by atoms with Gasteiger partial charge >= 0.3 is 6.03 Å². The number of anilines is 1. The molecule has 7 heteroatoms. The third-order valence-electron chi connectivity index (χ3n) is 5.77. The van der Waals surface area contributed by atoms with Gasteiger partial charge in [0.05, 0.1) is 0 Å². The fourth-order valence-corrected chi connectivity index (χ4v) is 4.05. The number of hydrogen-bond donors (Lipinski definition) is 1. The van der Waals surface area contributed by atoms with E-state index >= 15 is 0 Å². The number of amides is 2. The molecule has 0 radical (unpaired) electrons. The molecule has 154 valence electrons. The number of carbonyl (C=O) groups excluding carboxylic acids is 1. The lowest BCUT2D eigenvalue weighted by Crippen LogP contribution is -2.44. The van der Waals surface area contributed by atoms with Crippen LogP contribution in [0.3, 0.4) is 0 Å². The molecule has 1 fully saturated rings. The molecule has 0 spiro atoms. The molecule has 4 rings (SSSR count). The predicted octanol–water partition coefficient (Wildman–Crippen LogP) is 3.79.